The van der Waals surface area contributed by atoms with Crippen LogP contribution in [0.3, 0.4) is 0 Å². The van der Waals surface area contributed by atoms with Gasteiger partial charge in [0, 0.05) is 24.7 Å². The van der Waals surface area contributed by atoms with Crippen molar-refractivity contribution in [3.05, 3.63) is 21.7 Å². The van der Waals surface area contributed by atoms with Crippen molar-refractivity contribution in [3.8, 4) is 0 Å². The monoisotopic (exact) mass is 303 g/mol. The summed E-state index contributed by atoms with van der Waals surface area (Å²) in [7, 11) is 0. The number of hydrogen-bond acceptors (Lipinski definition) is 4. The highest BCUT2D eigenvalue weighted by Gasteiger charge is 2.26. The van der Waals surface area contributed by atoms with E-state index in [0.29, 0.717) is 28.8 Å². The molecule has 0 aromatic carbocycles. The van der Waals surface area contributed by atoms with E-state index in [-0.39, 0.29) is 6.10 Å². The van der Waals surface area contributed by atoms with Crippen molar-refractivity contribution in [2.45, 2.75) is 39.3 Å². The molecule has 1 aromatic rings. The lowest BCUT2D eigenvalue weighted by Gasteiger charge is -2.34. The van der Waals surface area contributed by atoms with Crippen molar-refractivity contribution in [2.75, 3.05) is 19.7 Å². The van der Waals surface area contributed by atoms with Gasteiger partial charge in [-0.3, -0.25) is 4.90 Å². The average molecular weight is 304 g/mol. The van der Waals surface area contributed by atoms with E-state index in [1.807, 2.05) is 6.92 Å². The zero-order valence-corrected chi connectivity index (χ0v) is 13.0. The summed E-state index contributed by atoms with van der Waals surface area (Å²) in [4.78, 5) is 11.0. The maximum Gasteiger partial charge on any atom is 0.161 e. The molecule has 106 valence electrons. The molecule has 0 bridgehead atoms. The van der Waals surface area contributed by atoms with E-state index < -0.39 is 0 Å². The minimum Gasteiger partial charge on any atom is -0.368 e. The van der Waals surface area contributed by atoms with Crippen LogP contribution in [-0.2, 0) is 11.2 Å². The molecule has 0 saturated carbocycles. The first-order valence-corrected chi connectivity index (χ1v) is 7.36. The molecule has 0 radical (unpaired) electrons. The molecule has 2 rings (SSSR count). The molecule has 0 spiro atoms. The Labute approximate surface area is 124 Å². The van der Waals surface area contributed by atoms with Gasteiger partial charge in [-0.15, -0.1) is 0 Å². The number of halogens is 2. The van der Waals surface area contributed by atoms with Gasteiger partial charge in [0.15, 0.2) is 5.82 Å². The molecule has 1 fully saturated rings. The second-order valence-electron chi connectivity index (χ2n) is 4.94. The molecule has 0 N–H and O–H groups in total. The Balaban J connectivity index is 2.22. The lowest BCUT2D eigenvalue weighted by Crippen LogP contribution is -2.42. The summed E-state index contributed by atoms with van der Waals surface area (Å²) in [5.41, 5.74) is 0.795. The predicted octanol–water partition coefficient (Wildman–Crippen LogP) is 3.13. The fourth-order valence-electron chi connectivity index (χ4n) is 2.18. The Kier molecular flexibility index (Phi) is 5.01. The molecule has 0 amide bonds. The van der Waals surface area contributed by atoms with Crippen LogP contribution >= 0.6 is 23.2 Å². The number of morpholine rings is 1. The van der Waals surface area contributed by atoms with E-state index in [1.165, 1.54) is 0 Å². The molecule has 1 unspecified atom stereocenters. The van der Waals surface area contributed by atoms with Gasteiger partial charge >= 0.3 is 0 Å². The Bertz CT molecular complexity index is 431. The number of nitrogens with zero attached hydrogens (tertiary/aromatic N) is 3. The van der Waals surface area contributed by atoms with Crippen molar-refractivity contribution in [1.82, 2.24) is 14.9 Å². The first-order chi connectivity index (χ1) is 9.02. The average Bonchev–Trinajstić information content (AvgIpc) is 2.38. The van der Waals surface area contributed by atoms with Crippen LogP contribution in [0.25, 0.3) is 0 Å². The van der Waals surface area contributed by atoms with Crippen molar-refractivity contribution in [3.63, 3.8) is 0 Å². The molecule has 1 aromatic heterocycles. The van der Waals surface area contributed by atoms with Gasteiger partial charge in [-0.05, 0) is 20.3 Å². The minimum absolute atomic E-state index is 0.156. The third-order valence-electron chi connectivity index (χ3n) is 3.39. The fraction of sp³-hybridized carbons (Fsp3) is 0.692. The van der Waals surface area contributed by atoms with Gasteiger partial charge in [-0.2, -0.15) is 0 Å². The summed E-state index contributed by atoms with van der Waals surface area (Å²) >= 11 is 12.3. The van der Waals surface area contributed by atoms with Gasteiger partial charge in [-0.1, -0.05) is 30.1 Å². The van der Waals surface area contributed by atoms with E-state index in [2.05, 4.69) is 28.7 Å². The predicted molar refractivity (Wildman–Crippen MR) is 76.8 cm³/mol. The van der Waals surface area contributed by atoms with Crippen LogP contribution in [0, 0.1) is 0 Å². The first kappa shape index (κ1) is 15.0. The largest absolute Gasteiger partial charge is 0.368 e. The van der Waals surface area contributed by atoms with Gasteiger partial charge in [0.1, 0.15) is 16.4 Å². The third-order valence-corrected chi connectivity index (χ3v) is 4.02. The van der Waals surface area contributed by atoms with Gasteiger partial charge in [-0.25, -0.2) is 9.97 Å². The Morgan fingerprint density at radius 2 is 1.95 bits per heavy atom. The van der Waals surface area contributed by atoms with Crippen molar-refractivity contribution in [2.24, 2.45) is 0 Å². The van der Waals surface area contributed by atoms with Crippen LogP contribution < -0.4 is 0 Å². The lowest BCUT2D eigenvalue weighted by atomic mass is 10.2. The molecule has 2 heterocycles. The number of aromatic nitrogens is 2. The van der Waals surface area contributed by atoms with Crippen LogP contribution in [0.15, 0.2) is 0 Å². The van der Waals surface area contributed by atoms with Crippen molar-refractivity contribution < 1.29 is 4.74 Å². The van der Waals surface area contributed by atoms with Crippen LogP contribution in [0.4, 0.5) is 0 Å². The Morgan fingerprint density at radius 3 is 2.47 bits per heavy atom. The summed E-state index contributed by atoms with van der Waals surface area (Å²) in [5, 5.41) is 0.866. The van der Waals surface area contributed by atoms with Crippen LogP contribution in [0.2, 0.25) is 10.3 Å². The summed E-state index contributed by atoms with van der Waals surface area (Å²) in [6.07, 6.45) is 0.568. The molecular formula is C13H19Cl2N3O. The highest BCUT2D eigenvalue weighted by atomic mass is 35.5. The minimum atomic E-state index is -0.156. The highest BCUT2D eigenvalue weighted by Crippen LogP contribution is 2.27. The van der Waals surface area contributed by atoms with Crippen LogP contribution in [0.1, 0.15) is 38.3 Å². The quantitative estimate of drug-likeness (QED) is 0.804. The summed E-state index contributed by atoms with van der Waals surface area (Å²) in [6.45, 7) is 8.70. The topological polar surface area (TPSA) is 38.2 Å². The number of rotatable bonds is 3. The molecule has 0 aliphatic carbocycles. The van der Waals surface area contributed by atoms with E-state index in [0.717, 1.165) is 25.1 Å². The highest BCUT2D eigenvalue weighted by molar-refractivity contribution is 6.34. The molecular weight excluding hydrogens is 285 g/mol. The van der Waals surface area contributed by atoms with E-state index >= 15 is 0 Å². The SMILES string of the molecule is CCc1c(Cl)nc(C2CN(C(C)C)CCO2)nc1Cl. The molecule has 1 saturated heterocycles. The lowest BCUT2D eigenvalue weighted by molar-refractivity contribution is -0.0442. The smallest absolute Gasteiger partial charge is 0.161 e. The molecule has 1 aliphatic heterocycles. The van der Waals surface area contributed by atoms with Gasteiger partial charge in [0.2, 0.25) is 0 Å². The normalized spacial score (nSPS) is 21.1. The first-order valence-electron chi connectivity index (χ1n) is 6.60. The van der Waals surface area contributed by atoms with Gasteiger partial charge < -0.3 is 4.74 Å². The maximum absolute atomic E-state index is 6.15. The van der Waals surface area contributed by atoms with Crippen LogP contribution in [-0.4, -0.2) is 40.6 Å². The van der Waals surface area contributed by atoms with Crippen molar-refractivity contribution >= 4 is 23.2 Å². The second-order valence-corrected chi connectivity index (χ2v) is 5.66. The third kappa shape index (κ3) is 3.37. The summed E-state index contributed by atoms with van der Waals surface area (Å²) < 4.78 is 5.74. The maximum atomic E-state index is 6.15. The molecule has 19 heavy (non-hydrogen) atoms. The fourth-order valence-corrected chi connectivity index (χ4v) is 2.84. The number of ether oxygens (including phenoxy) is 1. The van der Waals surface area contributed by atoms with E-state index in [4.69, 9.17) is 27.9 Å². The summed E-state index contributed by atoms with van der Waals surface area (Å²) in [5.74, 6) is 0.581. The molecule has 1 aliphatic rings. The molecule has 4 nitrogen and oxygen atoms in total. The summed E-state index contributed by atoms with van der Waals surface area (Å²) in [6, 6.07) is 0.479. The van der Waals surface area contributed by atoms with Gasteiger partial charge in [0.05, 0.1) is 6.61 Å². The van der Waals surface area contributed by atoms with Gasteiger partial charge in [0.25, 0.3) is 0 Å². The zero-order chi connectivity index (χ0) is 14.0. The second kappa shape index (κ2) is 6.35. The van der Waals surface area contributed by atoms with E-state index in [1.54, 1.807) is 0 Å². The van der Waals surface area contributed by atoms with Crippen LogP contribution in [0.5, 0.6) is 0 Å². The standard InChI is InChI=1S/C13H19Cl2N3O/c1-4-9-11(14)16-13(17-12(9)15)10-7-18(8(2)3)5-6-19-10/h8,10H,4-7H2,1-3H3. The zero-order valence-electron chi connectivity index (χ0n) is 11.5. The molecule has 1 atom stereocenters. The van der Waals surface area contributed by atoms with E-state index in [9.17, 15) is 0 Å². The Hall–Kier alpha value is -0.420. The Morgan fingerprint density at radius 1 is 1.32 bits per heavy atom. The van der Waals surface area contributed by atoms with Crippen molar-refractivity contribution in [1.29, 1.82) is 0 Å². The molecule has 6 heteroatoms. The number of hydrogen-bond donors (Lipinski definition) is 0.